The van der Waals surface area contributed by atoms with Crippen LogP contribution in [0, 0.1) is 29.6 Å². The molecule has 0 amide bonds. The lowest BCUT2D eigenvalue weighted by molar-refractivity contribution is 0.0385. The number of hydrogen-bond donors (Lipinski definition) is 2. The second-order valence-electron chi connectivity index (χ2n) is 8.75. The van der Waals surface area contributed by atoms with Crippen LogP contribution in [0.4, 0.5) is 0 Å². The van der Waals surface area contributed by atoms with Gasteiger partial charge in [0.2, 0.25) is 0 Å². The molecule has 2 rings (SSSR count). The van der Waals surface area contributed by atoms with Crippen LogP contribution in [0.25, 0.3) is 5.57 Å². The zero-order valence-corrected chi connectivity index (χ0v) is 21.6. The molecule has 1 aromatic rings. The lowest BCUT2D eigenvalue weighted by Gasteiger charge is -2.42. The number of rotatable bonds is 10. The number of allylic oxidation sites excluding steroid dienone is 4. The molecule has 5 heteroatoms. The molecule has 1 aliphatic rings. The molecule has 174 valence electrons. The number of nitrogens with two attached hydrogens (primary N) is 1. The lowest BCUT2D eigenvalue weighted by atomic mass is 9.65. The molecule has 3 N–H and O–H groups in total. The van der Waals surface area contributed by atoms with Crippen molar-refractivity contribution < 1.29 is 5.11 Å². The van der Waals surface area contributed by atoms with E-state index >= 15 is 0 Å². The molecule has 0 radical (unpaired) electrons. The maximum atomic E-state index is 11.8. The van der Waals surface area contributed by atoms with Gasteiger partial charge >= 0.3 is 0 Å². The highest BCUT2D eigenvalue weighted by Crippen LogP contribution is 2.46. The average Bonchev–Trinajstić information content (AvgIpc) is 3.08. The van der Waals surface area contributed by atoms with Gasteiger partial charge in [0, 0.05) is 23.3 Å². The number of thiophene rings is 1. The van der Waals surface area contributed by atoms with E-state index in [1.54, 1.807) is 11.3 Å². The van der Waals surface area contributed by atoms with Gasteiger partial charge < -0.3 is 10.8 Å². The van der Waals surface area contributed by atoms with Crippen molar-refractivity contribution in [3.63, 3.8) is 0 Å². The predicted octanol–water partition coefficient (Wildman–Crippen LogP) is 7.56. The van der Waals surface area contributed by atoms with Gasteiger partial charge in [-0.1, -0.05) is 68.7 Å². The average molecular weight is 485 g/mol. The summed E-state index contributed by atoms with van der Waals surface area (Å²) in [4.78, 5) is 1.13. The maximum absolute atomic E-state index is 11.8. The fourth-order valence-corrected chi connectivity index (χ4v) is 6.48. The largest absolute Gasteiger partial charge is 0.392 e. The first kappa shape index (κ1) is 26.7. The minimum Gasteiger partial charge on any atom is -0.392 e. The summed E-state index contributed by atoms with van der Waals surface area (Å²) in [6.45, 7) is 9.04. The van der Waals surface area contributed by atoms with Crippen molar-refractivity contribution in [2.75, 3.05) is 6.54 Å². The number of alkyl halides is 1. The van der Waals surface area contributed by atoms with Gasteiger partial charge in [0.05, 0.1) is 15.8 Å². The number of aliphatic hydroxyl groups is 1. The summed E-state index contributed by atoms with van der Waals surface area (Å²) in [6.07, 6.45) is 14.4. The summed E-state index contributed by atoms with van der Waals surface area (Å²) in [7, 11) is 0. The molecule has 2 nitrogen and oxygen atoms in total. The second-order valence-corrected chi connectivity index (χ2v) is 11.0. The molecule has 0 aliphatic heterocycles. The lowest BCUT2D eigenvalue weighted by Crippen LogP contribution is -2.42. The highest BCUT2D eigenvalue weighted by atomic mass is 35.5. The van der Waals surface area contributed by atoms with E-state index in [9.17, 15) is 5.11 Å². The van der Waals surface area contributed by atoms with Gasteiger partial charge in [-0.2, -0.15) is 0 Å². The highest BCUT2D eigenvalue weighted by molar-refractivity contribution is 7.17. The Bertz CT molecular complexity index is 756. The monoisotopic (exact) mass is 483 g/mol. The van der Waals surface area contributed by atoms with Gasteiger partial charge in [-0.25, -0.2) is 0 Å². The van der Waals surface area contributed by atoms with Crippen molar-refractivity contribution in [2.45, 2.75) is 64.9 Å². The molecule has 0 saturated carbocycles. The third-order valence-corrected chi connectivity index (χ3v) is 8.48. The molecule has 0 aromatic carbocycles. The van der Waals surface area contributed by atoms with Crippen LogP contribution >= 0.6 is 34.5 Å². The zero-order valence-electron chi connectivity index (χ0n) is 19.3. The SMILES string of the molecule is CC=CC(CN)C(O)C(C(=CC)c1ccc(Cl)s1)C(C(C)CC)C1C=CC(Cl)CCC1. The molecule has 7 unspecified atom stereocenters. The first-order chi connectivity index (χ1) is 14.9. The van der Waals surface area contributed by atoms with Crippen molar-refractivity contribution in [3.8, 4) is 0 Å². The van der Waals surface area contributed by atoms with Crippen LogP contribution in [0.5, 0.6) is 0 Å². The Kier molecular flexibility index (Phi) is 11.4. The topological polar surface area (TPSA) is 46.2 Å². The molecule has 0 fully saturated rings. The molecule has 0 saturated heterocycles. The Morgan fingerprint density at radius 2 is 2.03 bits per heavy atom. The zero-order chi connectivity index (χ0) is 23.0. The van der Waals surface area contributed by atoms with Gasteiger partial charge in [-0.15, -0.1) is 22.9 Å². The number of hydrogen-bond acceptors (Lipinski definition) is 3. The molecule has 0 bridgehead atoms. The van der Waals surface area contributed by atoms with E-state index < -0.39 is 6.10 Å². The molecule has 1 aliphatic carbocycles. The van der Waals surface area contributed by atoms with Crippen LogP contribution in [-0.2, 0) is 0 Å². The van der Waals surface area contributed by atoms with Crippen molar-refractivity contribution in [3.05, 3.63) is 51.7 Å². The van der Waals surface area contributed by atoms with Crippen LogP contribution in [0.3, 0.4) is 0 Å². The Labute approximate surface area is 203 Å². The van der Waals surface area contributed by atoms with Crippen LogP contribution in [0.2, 0.25) is 4.34 Å². The standard InChI is InChI=1S/C26H39Cl2NOS/c1-5-9-19(16-29)26(30)25(21(7-3)22-14-15-23(28)31-22)24(17(4)6-2)18-10-8-11-20(27)13-12-18/h5,7,9,12-15,17-20,24-26,30H,6,8,10-11,16,29H2,1-4H3. The van der Waals surface area contributed by atoms with E-state index in [1.807, 2.05) is 19.1 Å². The van der Waals surface area contributed by atoms with Gasteiger partial charge in [0.1, 0.15) is 0 Å². The third-order valence-electron chi connectivity index (χ3n) is 6.84. The Morgan fingerprint density at radius 3 is 2.58 bits per heavy atom. The van der Waals surface area contributed by atoms with E-state index in [4.69, 9.17) is 28.9 Å². The van der Waals surface area contributed by atoms with Gasteiger partial charge in [-0.05, 0) is 62.1 Å². The molecule has 1 heterocycles. The summed E-state index contributed by atoms with van der Waals surface area (Å²) in [5, 5.41) is 11.9. The van der Waals surface area contributed by atoms with Crippen LogP contribution in [-0.4, -0.2) is 23.1 Å². The van der Waals surface area contributed by atoms with Crippen molar-refractivity contribution >= 4 is 40.1 Å². The first-order valence-electron chi connectivity index (χ1n) is 11.6. The van der Waals surface area contributed by atoms with Crippen molar-refractivity contribution in [1.29, 1.82) is 0 Å². The molecule has 0 spiro atoms. The van der Waals surface area contributed by atoms with Crippen LogP contribution in [0.15, 0.2) is 42.5 Å². The Balaban J connectivity index is 2.61. The third kappa shape index (κ3) is 6.95. The minimum absolute atomic E-state index is 0.0408. The first-order valence-corrected chi connectivity index (χ1v) is 13.3. The summed E-state index contributed by atoms with van der Waals surface area (Å²) >= 11 is 14.4. The van der Waals surface area contributed by atoms with E-state index in [-0.39, 0.29) is 23.1 Å². The van der Waals surface area contributed by atoms with E-state index in [0.717, 1.165) is 34.9 Å². The molecule has 31 heavy (non-hydrogen) atoms. The fraction of sp³-hybridized carbons (Fsp3) is 0.615. The minimum atomic E-state index is -0.573. The second kappa shape index (κ2) is 13.2. The van der Waals surface area contributed by atoms with Crippen LogP contribution in [0.1, 0.15) is 58.3 Å². The van der Waals surface area contributed by atoms with Gasteiger partial charge in [0.25, 0.3) is 0 Å². The van der Waals surface area contributed by atoms with Crippen molar-refractivity contribution in [1.82, 2.24) is 0 Å². The predicted molar refractivity (Wildman–Crippen MR) is 139 cm³/mol. The molecular formula is C26H39Cl2NOS. The van der Waals surface area contributed by atoms with E-state index in [2.05, 4.69) is 51.1 Å². The van der Waals surface area contributed by atoms with Gasteiger partial charge in [0.15, 0.2) is 0 Å². The summed E-state index contributed by atoms with van der Waals surface area (Å²) in [6, 6.07) is 4.03. The highest BCUT2D eigenvalue weighted by Gasteiger charge is 2.41. The van der Waals surface area contributed by atoms with E-state index in [0.29, 0.717) is 18.4 Å². The van der Waals surface area contributed by atoms with Crippen molar-refractivity contribution in [2.24, 2.45) is 35.3 Å². The summed E-state index contributed by atoms with van der Waals surface area (Å²) in [5.74, 6) is 0.955. The van der Waals surface area contributed by atoms with E-state index in [1.165, 1.54) is 5.57 Å². The Morgan fingerprint density at radius 1 is 1.29 bits per heavy atom. The summed E-state index contributed by atoms with van der Waals surface area (Å²) in [5.41, 5.74) is 7.31. The normalized spacial score (nSPS) is 25.2. The maximum Gasteiger partial charge on any atom is 0.0934 e. The molecule has 7 atom stereocenters. The Hall–Kier alpha value is -0.580. The van der Waals surface area contributed by atoms with Crippen LogP contribution < -0.4 is 5.73 Å². The number of aliphatic hydroxyl groups excluding tert-OH is 1. The summed E-state index contributed by atoms with van der Waals surface area (Å²) < 4.78 is 0.769. The fourth-order valence-electron chi connectivity index (χ4n) is 5.07. The molecule has 1 aromatic heterocycles. The smallest absolute Gasteiger partial charge is 0.0934 e. The number of halogens is 2. The quantitative estimate of drug-likeness (QED) is 0.266. The van der Waals surface area contributed by atoms with Gasteiger partial charge in [-0.3, -0.25) is 0 Å². The molecular weight excluding hydrogens is 445 g/mol.